The first-order valence-corrected chi connectivity index (χ1v) is 8.24. The molecule has 2 aliphatic rings. The van der Waals surface area contributed by atoms with E-state index in [1.165, 1.54) is 12.1 Å². The number of hydrogen-bond acceptors (Lipinski definition) is 2. The summed E-state index contributed by atoms with van der Waals surface area (Å²) >= 11 is 5.91. The van der Waals surface area contributed by atoms with Crippen molar-refractivity contribution in [1.29, 1.82) is 0 Å². The summed E-state index contributed by atoms with van der Waals surface area (Å²) in [6.45, 7) is 11.8. The fraction of sp³-hybridized carbons (Fsp3) is 0.350. The van der Waals surface area contributed by atoms with E-state index in [0.29, 0.717) is 28.5 Å². The highest BCUT2D eigenvalue weighted by Crippen LogP contribution is 2.86. The van der Waals surface area contributed by atoms with Gasteiger partial charge in [-0.1, -0.05) is 24.8 Å². The summed E-state index contributed by atoms with van der Waals surface area (Å²) in [6.07, 6.45) is 3.57. The normalized spacial score (nSPS) is 27.2. The first-order chi connectivity index (χ1) is 11.2. The molecular weight excluding hydrogens is 327 g/mol. The van der Waals surface area contributed by atoms with Crippen LogP contribution in [-0.2, 0) is 9.53 Å². The lowest BCUT2D eigenvalue weighted by Crippen LogP contribution is -2.03. The standard InChI is InChI=1S/C20H20ClFO2/c1-12(7-13(2)17-8-16(21)5-6-18(17)22)14(3)24-11-19-9-20(19,10-19)15(4)23/h5-8H,2-3,9-11H2,1,4H3/b12-7-. The van der Waals surface area contributed by atoms with Crippen LogP contribution < -0.4 is 0 Å². The quantitative estimate of drug-likeness (QED) is 0.492. The lowest BCUT2D eigenvalue weighted by Gasteiger charge is -2.12. The number of halogens is 2. The average molecular weight is 347 g/mol. The van der Waals surface area contributed by atoms with Gasteiger partial charge >= 0.3 is 0 Å². The van der Waals surface area contributed by atoms with Gasteiger partial charge in [-0.15, -0.1) is 0 Å². The first-order valence-electron chi connectivity index (χ1n) is 7.87. The van der Waals surface area contributed by atoms with Crippen LogP contribution in [-0.4, -0.2) is 12.4 Å². The Bertz CT molecular complexity index is 785. The van der Waals surface area contributed by atoms with Gasteiger partial charge in [-0.2, -0.15) is 0 Å². The van der Waals surface area contributed by atoms with Crippen LogP contribution in [0.4, 0.5) is 4.39 Å². The lowest BCUT2D eigenvalue weighted by atomic mass is 10.0. The van der Waals surface area contributed by atoms with Crippen LogP contribution in [0.25, 0.3) is 5.57 Å². The maximum atomic E-state index is 13.9. The number of allylic oxidation sites excluding steroid dienone is 3. The van der Waals surface area contributed by atoms with E-state index in [1.807, 2.05) is 6.92 Å². The molecule has 2 aliphatic carbocycles. The zero-order valence-electron chi connectivity index (χ0n) is 13.9. The molecule has 0 heterocycles. The Balaban J connectivity index is 1.61. The second-order valence-electron chi connectivity index (χ2n) is 6.96. The van der Waals surface area contributed by atoms with Crippen molar-refractivity contribution >= 4 is 23.0 Å². The fourth-order valence-electron chi connectivity index (χ4n) is 3.38. The SMILES string of the molecule is C=C(OCC12CC1(C(C)=O)C2)/C(C)=C\C(=C)c1cc(Cl)ccc1F. The van der Waals surface area contributed by atoms with Crippen molar-refractivity contribution in [2.75, 3.05) is 6.61 Å². The number of hydrogen-bond donors (Lipinski definition) is 0. The number of carbonyl (C=O) groups excluding carboxylic acids is 1. The topological polar surface area (TPSA) is 26.3 Å². The number of ether oxygens (including phenoxy) is 1. The van der Waals surface area contributed by atoms with Gasteiger partial charge < -0.3 is 4.74 Å². The molecule has 126 valence electrons. The molecule has 4 heteroatoms. The molecule has 0 radical (unpaired) electrons. The molecule has 24 heavy (non-hydrogen) atoms. The third kappa shape index (κ3) is 2.71. The smallest absolute Gasteiger partial charge is 0.136 e. The first kappa shape index (κ1) is 17.0. The Hall–Kier alpha value is -1.87. The Labute approximate surface area is 146 Å². The van der Waals surface area contributed by atoms with Crippen molar-refractivity contribution < 1.29 is 13.9 Å². The summed E-state index contributed by atoms with van der Waals surface area (Å²) in [6, 6.07) is 4.36. The molecule has 0 N–H and O–H groups in total. The maximum Gasteiger partial charge on any atom is 0.136 e. The van der Waals surface area contributed by atoms with E-state index in [9.17, 15) is 9.18 Å². The predicted octanol–water partition coefficient (Wildman–Crippen LogP) is 5.34. The van der Waals surface area contributed by atoms with E-state index in [0.717, 1.165) is 18.4 Å². The van der Waals surface area contributed by atoms with E-state index >= 15 is 0 Å². The minimum absolute atomic E-state index is 0.0398. The number of carbonyl (C=O) groups is 1. The molecule has 3 rings (SSSR count). The highest BCUT2D eigenvalue weighted by atomic mass is 35.5. The summed E-state index contributed by atoms with van der Waals surface area (Å²) in [5.74, 6) is 0.402. The Morgan fingerprint density at radius 3 is 2.62 bits per heavy atom. The van der Waals surface area contributed by atoms with E-state index < -0.39 is 0 Å². The molecule has 1 aromatic carbocycles. The lowest BCUT2D eigenvalue weighted by molar-refractivity contribution is -0.120. The summed E-state index contributed by atoms with van der Waals surface area (Å²) in [4.78, 5) is 11.6. The predicted molar refractivity (Wildman–Crippen MR) is 94.1 cm³/mol. The minimum Gasteiger partial charge on any atom is -0.493 e. The van der Waals surface area contributed by atoms with Gasteiger partial charge in [0.25, 0.3) is 0 Å². The van der Waals surface area contributed by atoms with Crippen molar-refractivity contribution in [3.8, 4) is 0 Å². The molecule has 0 aromatic heterocycles. The molecule has 0 aliphatic heterocycles. The van der Waals surface area contributed by atoms with Crippen molar-refractivity contribution in [3.63, 3.8) is 0 Å². The van der Waals surface area contributed by atoms with Crippen LogP contribution in [0.15, 0.2) is 48.8 Å². The van der Waals surface area contributed by atoms with Crippen molar-refractivity contribution in [2.24, 2.45) is 10.8 Å². The number of Topliss-reactive ketones (excluding diaryl/α,β-unsaturated/α-hetero) is 1. The van der Waals surface area contributed by atoms with E-state index in [1.54, 1.807) is 19.1 Å². The molecule has 0 atom stereocenters. The van der Waals surface area contributed by atoms with Gasteiger partial charge in [0.15, 0.2) is 0 Å². The second-order valence-corrected chi connectivity index (χ2v) is 7.40. The van der Waals surface area contributed by atoms with E-state index in [2.05, 4.69) is 13.2 Å². The van der Waals surface area contributed by atoms with E-state index in [-0.39, 0.29) is 22.4 Å². The van der Waals surface area contributed by atoms with Crippen LogP contribution in [0.2, 0.25) is 5.02 Å². The second kappa shape index (κ2) is 5.59. The third-order valence-electron chi connectivity index (χ3n) is 5.35. The maximum absolute atomic E-state index is 13.9. The molecule has 0 bridgehead atoms. The van der Waals surface area contributed by atoms with Crippen LogP contribution in [0, 0.1) is 16.6 Å². The van der Waals surface area contributed by atoms with Gasteiger partial charge in [0, 0.05) is 21.4 Å². The van der Waals surface area contributed by atoms with Crippen molar-refractivity contribution in [2.45, 2.75) is 26.7 Å². The zero-order chi connectivity index (χ0) is 17.7. The number of benzene rings is 1. The summed E-state index contributed by atoms with van der Waals surface area (Å²) < 4.78 is 19.6. The number of rotatable bonds is 7. The van der Waals surface area contributed by atoms with Crippen LogP contribution in [0.1, 0.15) is 32.3 Å². The van der Waals surface area contributed by atoms with E-state index in [4.69, 9.17) is 16.3 Å². The molecule has 0 saturated heterocycles. The molecule has 1 aromatic rings. The van der Waals surface area contributed by atoms with Gasteiger partial charge in [-0.05, 0) is 62.1 Å². The molecule has 2 nitrogen and oxygen atoms in total. The van der Waals surface area contributed by atoms with Gasteiger partial charge in [-0.25, -0.2) is 4.39 Å². The highest BCUT2D eigenvalue weighted by molar-refractivity contribution is 6.30. The fourth-order valence-corrected chi connectivity index (χ4v) is 3.55. The van der Waals surface area contributed by atoms with Gasteiger partial charge in [0.1, 0.15) is 17.4 Å². The van der Waals surface area contributed by atoms with Crippen molar-refractivity contribution in [3.05, 3.63) is 65.2 Å². The molecule has 2 saturated carbocycles. The number of ketones is 1. The summed E-state index contributed by atoms with van der Waals surface area (Å²) in [7, 11) is 0. The molecular formula is C20H20ClFO2. The average Bonchev–Trinajstić information content (AvgIpc) is 3.34. The third-order valence-corrected chi connectivity index (χ3v) is 5.58. The van der Waals surface area contributed by atoms with Crippen molar-refractivity contribution in [1.82, 2.24) is 0 Å². The van der Waals surface area contributed by atoms with Crippen LogP contribution in [0.3, 0.4) is 0 Å². The zero-order valence-corrected chi connectivity index (χ0v) is 14.7. The molecule has 0 spiro atoms. The van der Waals surface area contributed by atoms with Gasteiger partial charge in [0.2, 0.25) is 0 Å². The van der Waals surface area contributed by atoms with Crippen LogP contribution >= 0.6 is 11.6 Å². The number of fused-ring (bicyclic) bond motifs is 1. The summed E-state index contributed by atoms with van der Waals surface area (Å²) in [5.41, 5.74) is 1.56. The largest absolute Gasteiger partial charge is 0.493 e. The molecule has 0 unspecified atom stereocenters. The van der Waals surface area contributed by atoms with Crippen LogP contribution in [0.5, 0.6) is 0 Å². The highest BCUT2D eigenvalue weighted by Gasteiger charge is 2.85. The Morgan fingerprint density at radius 1 is 1.38 bits per heavy atom. The summed E-state index contributed by atoms with van der Waals surface area (Å²) in [5, 5.41) is 0.454. The molecule has 2 fully saturated rings. The van der Waals surface area contributed by atoms with Gasteiger partial charge in [-0.3, -0.25) is 4.79 Å². The monoisotopic (exact) mass is 346 g/mol. The Kier molecular flexibility index (Phi) is 3.95. The minimum atomic E-state index is -0.374. The molecule has 0 amide bonds. The van der Waals surface area contributed by atoms with Gasteiger partial charge in [0.05, 0.1) is 6.61 Å². The Morgan fingerprint density at radius 2 is 2.04 bits per heavy atom.